The first-order valence-corrected chi connectivity index (χ1v) is 7.45. The molecule has 1 unspecified atom stereocenters. The lowest BCUT2D eigenvalue weighted by Gasteiger charge is -2.11. The molecule has 1 heterocycles. The lowest BCUT2D eigenvalue weighted by Crippen LogP contribution is -2.06. The van der Waals surface area contributed by atoms with Crippen LogP contribution in [-0.4, -0.2) is 16.7 Å². The van der Waals surface area contributed by atoms with Gasteiger partial charge in [0, 0.05) is 16.8 Å². The number of anilines is 1. The van der Waals surface area contributed by atoms with Crippen LogP contribution >= 0.6 is 15.9 Å². The van der Waals surface area contributed by atoms with Gasteiger partial charge in [-0.2, -0.15) is 4.98 Å². The van der Waals surface area contributed by atoms with E-state index < -0.39 is 0 Å². The monoisotopic (exact) mass is 339 g/mol. The van der Waals surface area contributed by atoms with Crippen LogP contribution in [-0.2, 0) is 4.74 Å². The third-order valence-electron chi connectivity index (χ3n) is 2.89. The molecule has 1 aromatic heterocycles. The summed E-state index contributed by atoms with van der Waals surface area (Å²) in [5.74, 6) is 0.989. The third-order valence-corrected chi connectivity index (χ3v) is 3.39. The smallest absolute Gasteiger partial charge is 0.260 e. The number of hydrogen-bond acceptors (Lipinski definition) is 5. The van der Waals surface area contributed by atoms with E-state index in [0.29, 0.717) is 24.0 Å². The Labute approximate surface area is 126 Å². The first kappa shape index (κ1) is 15.0. The van der Waals surface area contributed by atoms with Gasteiger partial charge in [0.15, 0.2) is 0 Å². The van der Waals surface area contributed by atoms with Crippen LogP contribution in [0.1, 0.15) is 38.6 Å². The third kappa shape index (κ3) is 3.37. The molecule has 1 atom stereocenters. The Morgan fingerprint density at radius 2 is 2.20 bits per heavy atom. The molecule has 0 aliphatic heterocycles. The maximum absolute atomic E-state index is 5.94. The molecule has 1 aromatic carbocycles. The highest BCUT2D eigenvalue weighted by Crippen LogP contribution is 2.29. The molecule has 6 heteroatoms. The minimum absolute atomic E-state index is 0.129. The van der Waals surface area contributed by atoms with E-state index in [1.165, 1.54) is 0 Å². The van der Waals surface area contributed by atoms with Crippen molar-refractivity contribution in [2.24, 2.45) is 0 Å². The summed E-state index contributed by atoms with van der Waals surface area (Å²) < 4.78 is 11.9. The molecule has 0 saturated carbocycles. The summed E-state index contributed by atoms with van der Waals surface area (Å²) in [6.45, 7) is 4.67. The second-order valence-electron chi connectivity index (χ2n) is 4.42. The van der Waals surface area contributed by atoms with Gasteiger partial charge in [-0.3, -0.25) is 0 Å². The SMILES string of the molecule is CCCC(OCC)c1noc(-c2cc(Br)ccc2N)n1. The van der Waals surface area contributed by atoms with Crippen LogP contribution in [0.4, 0.5) is 5.69 Å². The summed E-state index contributed by atoms with van der Waals surface area (Å²) in [7, 11) is 0. The average Bonchev–Trinajstić information content (AvgIpc) is 2.91. The molecule has 0 amide bonds. The maximum atomic E-state index is 5.94. The van der Waals surface area contributed by atoms with Crippen molar-refractivity contribution in [3.05, 3.63) is 28.5 Å². The van der Waals surface area contributed by atoms with Gasteiger partial charge in [0.2, 0.25) is 5.82 Å². The van der Waals surface area contributed by atoms with Gasteiger partial charge in [-0.05, 0) is 31.5 Å². The standard InChI is InChI=1S/C14H18BrN3O2/c1-3-5-12(19-4-2)13-17-14(20-18-13)10-8-9(15)6-7-11(10)16/h6-8,12H,3-5,16H2,1-2H3. The lowest BCUT2D eigenvalue weighted by atomic mass is 10.2. The molecule has 0 aliphatic rings. The fraction of sp³-hybridized carbons (Fsp3) is 0.429. The molecular weight excluding hydrogens is 322 g/mol. The van der Waals surface area contributed by atoms with E-state index in [0.717, 1.165) is 22.9 Å². The van der Waals surface area contributed by atoms with Gasteiger partial charge in [0.05, 0.1) is 5.56 Å². The Bertz CT molecular complexity index is 565. The minimum Gasteiger partial charge on any atom is -0.398 e. The summed E-state index contributed by atoms with van der Waals surface area (Å²) >= 11 is 3.41. The van der Waals surface area contributed by atoms with Crippen LogP contribution in [0.2, 0.25) is 0 Å². The fourth-order valence-electron chi connectivity index (χ4n) is 1.94. The Kier molecular flexibility index (Phi) is 5.14. The molecule has 2 N–H and O–H groups in total. The Morgan fingerprint density at radius 1 is 1.40 bits per heavy atom. The zero-order valence-corrected chi connectivity index (χ0v) is 13.2. The van der Waals surface area contributed by atoms with Crippen molar-refractivity contribution >= 4 is 21.6 Å². The molecule has 2 aromatic rings. The summed E-state index contributed by atoms with van der Waals surface area (Å²) in [5.41, 5.74) is 7.27. The molecule has 0 spiro atoms. The largest absolute Gasteiger partial charge is 0.398 e. The zero-order chi connectivity index (χ0) is 14.5. The number of ether oxygens (including phenoxy) is 1. The van der Waals surface area contributed by atoms with Crippen molar-refractivity contribution in [2.75, 3.05) is 12.3 Å². The lowest BCUT2D eigenvalue weighted by molar-refractivity contribution is 0.0478. The quantitative estimate of drug-likeness (QED) is 0.806. The first-order chi connectivity index (χ1) is 9.65. The molecule has 20 heavy (non-hydrogen) atoms. The fourth-order valence-corrected chi connectivity index (χ4v) is 2.30. The van der Waals surface area contributed by atoms with Crippen molar-refractivity contribution in [3.8, 4) is 11.5 Å². The van der Waals surface area contributed by atoms with E-state index in [4.69, 9.17) is 15.0 Å². The van der Waals surface area contributed by atoms with Gasteiger partial charge in [-0.25, -0.2) is 0 Å². The molecule has 5 nitrogen and oxygen atoms in total. The second-order valence-corrected chi connectivity index (χ2v) is 5.34. The van der Waals surface area contributed by atoms with Crippen LogP contribution in [0.3, 0.4) is 0 Å². The molecular formula is C14H18BrN3O2. The summed E-state index contributed by atoms with van der Waals surface area (Å²) in [5, 5.41) is 4.02. The van der Waals surface area contributed by atoms with E-state index in [2.05, 4.69) is 33.0 Å². The summed E-state index contributed by atoms with van der Waals surface area (Å²) in [6.07, 6.45) is 1.73. The summed E-state index contributed by atoms with van der Waals surface area (Å²) in [6, 6.07) is 5.54. The molecule has 0 radical (unpaired) electrons. The van der Waals surface area contributed by atoms with Gasteiger partial charge in [0.25, 0.3) is 5.89 Å². The Hall–Kier alpha value is -1.40. The number of aromatic nitrogens is 2. The van der Waals surface area contributed by atoms with E-state index in [-0.39, 0.29) is 6.10 Å². The highest BCUT2D eigenvalue weighted by Gasteiger charge is 2.19. The van der Waals surface area contributed by atoms with Crippen LogP contribution in [0.15, 0.2) is 27.2 Å². The number of benzene rings is 1. The number of nitrogens with two attached hydrogens (primary N) is 1. The van der Waals surface area contributed by atoms with Crippen LogP contribution < -0.4 is 5.73 Å². The highest BCUT2D eigenvalue weighted by molar-refractivity contribution is 9.10. The Morgan fingerprint density at radius 3 is 2.90 bits per heavy atom. The normalized spacial score (nSPS) is 12.6. The van der Waals surface area contributed by atoms with E-state index >= 15 is 0 Å². The maximum Gasteiger partial charge on any atom is 0.260 e. The number of rotatable bonds is 6. The molecule has 108 valence electrons. The van der Waals surface area contributed by atoms with Gasteiger partial charge in [-0.1, -0.05) is 34.4 Å². The topological polar surface area (TPSA) is 74.2 Å². The van der Waals surface area contributed by atoms with Crippen molar-refractivity contribution in [2.45, 2.75) is 32.8 Å². The zero-order valence-electron chi connectivity index (χ0n) is 11.6. The van der Waals surface area contributed by atoms with Crippen LogP contribution in [0.25, 0.3) is 11.5 Å². The summed E-state index contributed by atoms with van der Waals surface area (Å²) in [4.78, 5) is 4.42. The van der Waals surface area contributed by atoms with Crippen LogP contribution in [0.5, 0.6) is 0 Å². The molecule has 0 aliphatic carbocycles. The molecule has 0 fully saturated rings. The highest BCUT2D eigenvalue weighted by atomic mass is 79.9. The van der Waals surface area contributed by atoms with Gasteiger partial charge in [0.1, 0.15) is 6.10 Å². The number of hydrogen-bond donors (Lipinski definition) is 1. The van der Waals surface area contributed by atoms with Crippen molar-refractivity contribution in [1.82, 2.24) is 10.1 Å². The predicted octanol–water partition coefficient (Wildman–Crippen LogP) is 3.96. The number of halogens is 1. The average molecular weight is 340 g/mol. The predicted molar refractivity (Wildman–Crippen MR) is 81.1 cm³/mol. The first-order valence-electron chi connectivity index (χ1n) is 6.66. The van der Waals surface area contributed by atoms with Gasteiger partial charge >= 0.3 is 0 Å². The van der Waals surface area contributed by atoms with E-state index in [1.54, 1.807) is 6.07 Å². The van der Waals surface area contributed by atoms with Gasteiger partial charge < -0.3 is 15.0 Å². The van der Waals surface area contributed by atoms with Crippen molar-refractivity contribution < 1.29 is 9.26 Å². The number of nitrogen functional groups attached to an aromatic ring is 1. The Balaban J connectivity index is 2.29. The molecule has 0 saturated heterocycles. The van der Waals surface area contributed by atoms with Crippen molar-refractivity contribution in [1.29, 1.82) is 0 Å². The molecule has 2 rings (SSSR count). The second kappa shape index (κ2) is 6.85. The van der Waals surface area contributed by atoms with E-state index in [9.17, 15) is 0 Å². The molecule has 0 bridgehead atoms. The van der Waals surface area contributed by atoms with Crippen molar-refractivity contribution in [3.63, 3.8) is 0 Å². The van der Waals surface area contributed by atoms with Crippen LogP contribution in [0, 0.1) is 0 Å². The van der Waals surface area contributed by atoms with Gasteiger partial charge in [-0.15, -0.1) is 0 Å². The number of nitrogens with zero attached hydrogens (tertiary/aromatic N) is 2. The van der Waals surface area contributed by atoms with E-state index in [1.807, 2.05) is 19.1 Å². The minimum atomic E-state index is -0.129.